The first-order valence-electron chi connectivity index (χ1n) is 23.5. The zero-order valence-corrected chi connectivity index (χ0v) is 48.2. The van der Waals surface area contributed by atoms with Gasteiger partial charge < -0.3 is 63.4 Å². The third-order valence-electron chi connectivity index (χ3n) is 10.9. The Balaban J connectivity index is 0.000000272. The first-order chi connectivity index (χ1) is 36.8. The number of phenols is 3. The highest BCUT2D eigenvalue weighted by molar-refractivity contribution is 14.1. The molecule has 13 nitrogen and oxygen atoms in total. The minimum absolute atomic E-state index is 0. The van der Waals surface area contributed by atoms with Crippen LogP contribution >= 0.6 is 45.2 Å². The molecule has 8 rings (SSSR count). The molecule has 78 heavy (non-hydrogen) atoms. The number of hydrogen-bond acceptors (Lipinski definition) is 10. The van der Waals surface area contributed by atoms with Gasteiger partial charge in [0.25, 0.3) is 11.8 Å². The molecule has 2 amide bonds. The summed E-state index contributed by atoms with van der Waals surface area (Å²) in [6, 6.07) is 49.0. The predicted molar refractivity (Wildman–Crippen MR) is 315 cm³/mol. The number of rotatable bonds is 13. The van der Waals surface area contributed by atoms with E-state index in [1.807, 2.05) is 36.4 Å². The largest absolute Gasteiger partial charge is 1.00 e. The zero-order valence-electron chi connectivity index (χ0n) is 43.1. The molecule has 0 bridgehead atoms. The molecule has 0 radical (unpaired) electrons. The minimum atomic E-state index is -0.878. The van der Waals surface area contributed by atoms with Gasteiger partial charge in [0.2, 0.25) is 0 Å². The van der Waals surface area contributed by atoms with E-state index < -0.39 is 5.97 Å². The maximum atomic E-state index is 13.0. The Morgan fingerprint density at radius 1 is 0.500 bits per heavy atom. The first-order valence-corrected chi connectivity index (χ1v) is 25.7. The standard InChI is InChI=1S/C21H18FNO3.C15H14INO3.C8H10BF.C8H11NO2.C7H5IO2.ClH/c1-26-20-12-14(2-11-19(20)24)13-23-21(25)17-5-3-15(4-6-17)16-7-9-18(22)10-8-16;1-20-14-8-10(2-7-13(14)18)9-17-15(19)11-3-5-12(16)6-4-11;1-9(2)7-3-5-8(10)6-4-7;1-11-8-4-6(5-9)2-3-7(8)10;8-6-3-1-5(2-4-6)7(9)10;/h2-12,24H,13H2,1H3,(H,23,25);2-8,18H,9H2,1H3,(H,17,19);3-6H,1-2H3;2-4,10H,5,9H2,1H3;1-4H,(H,9,10);1H/p-1. The first kappa shape index (κ1) is 64.9. The fourth-order valence-corrected chi connectivity index (χ4v) is 7.30. The molecule has 0 aromatic heterocycles. The fraction of sp³-hybridized carbons (Fsp3) is 0.136. The number of aromatic carboxylic acids is 1. The average Bonchev–Trinajstić information content (AvgIpc) is 3.44. The van der Waals surface area contributed by atoms with Crippen LogP contribution in [0, 0.1) is 18.8 Å². The van der Waals surface area contributed by atoms with E-state index in [0.717, 1.165) is 35.0 Å². The lowest BCUT2D eigenvalue weighted by atomic mass is 9.49. The normalized spacial score (nSPS) is 9.82. The van der Waals surface area contributed by atoms with Gasteiger partial charge in [0.15, 0.2) is 41.2 Å². The lowest BCUT2D eigenvalue weighted by Crippen LogP contribution is -3.00. The quantitative estimate of drug-likeness (QED) is 0.0429. The summed E-state index contributed by atoms with van der Waals surface area (Å²) in [5.41, 5.74) is 12.5. The van der Waals surface area contributed by atoms with Crippen molar-refractivity contribution in [3.05, 3.63) is 228 Å². The lowest BCUT2D eigenvalue weighted by molar-refractivity contribution is -0.0000503. The molecule has 8 aromatic rings. The van der Waals surface area contributed by atoms with E-state index in [0.29, 0.717) is 60.3 Å². The summed E-state index contributed by atoms with van der Waals surface area (Å²) in [6.45, 7) is 5.81. The van der Waals surface area contributed by atoms with Crippen LogP contribution in [0.2, 0.25) is 13.6 Å². The van der Waals surface area contributed by atoms with Crippen molar-refractivity contribution in [3.8, 4) is 45.6 Å². The molecule has 0 saturated heterocycles. The van der Waals surface area contributed by atoms with Crippen LogP contribution in [0.1, 0.15) is 47.8 Å². The topological polar surface area (TPSA) is 210 Å². The molecule has 0 spiro atoms. The van der Waals surface area contributed by atoms with E-state index in [-0.39, 0.29) is 53.1 Å². The Hall–Kier alpha value is -7.40. The van der Waals surface area contributed by atoms with Crippen LogP contribution in [-0.2, 0) is 19.6 Å². The second kappa shape index (κ2) is 33.7. The van der Waals surface area contributed by atoms with E-state index >= 15 is 0 Å². The second-order valence-electron chi connectivity index (χ2n) is 16.7. The number of nitrogens with two attached hydrogens (primary N) is 1. The van der Waals surface area contributed by atoms with Crippen molar-refractivity contribution in [2.24, 2.45) is 5.73 Å². The van der Waals surface area contributed by atoms with Gasteiger partial charge in [-0.2, -0.15) is 0 Å². The van der Waals surface area contributed by atoms with Crippen molar-refractivity contribution in [2.75, 3.05) is 21.3 Å². The van der Waals surface area contributed by atoms with E-state index in [1.54, 1.807) is 109 Å². The molecule has 8 aromatic carbocycles. The van der Waals surface area contributed by atoms with Crippen LogP contribution in [0.5, 0.6) is 34.5 Å². The second-order valence-corrected chi connectivity index (χ2v) is 19.2. The predicted octanol–water partition coefficient (Wildman–Crippen LogP) is 8.71. The van der Waals surface area contributed by atoms with E-state index in [2.05, 4.69) is 69.5 Å². The zero-order chi connectivity index (χ0) is 56.4. The number of nitrogens with one attached hydrogen (secondary N) is 2. The van der Waals surface area contributed by atoms with Gasteiger partial charge in [0.1, 0.15) is 11.6 Å². The molecule has 0 heterocycles. The maximum absolute atomic E-state index is 13.0. The fourth-order valence-electron chi connectivity index (χ4n) is 6.58. The lowest BCUT2D eigenvalue weighted by Gasteiger charge is -2.09. The number of carboxylic acid groups (broad SMARTS) is 1. The Labute approximate surface area is 486 Å². The number of carboxylic acids is 1. The summed E-state index contributed by atoms with van der Waals surface area (Å²) < 4.78 is 42.4. The van der Waals surface area contributed by atoms with Gasteiger partial charge in [-0.1, -0.05) is 73.7 Å². The Kier molecular flexibility index (Phi) is 28.0. The van der Waals surface area contributed by atoms with Crippen LogP contribution in [0.25, 0.3) is 11.1 Å². The third-order valence-corrected chi connectivity index (χ3v) is 12.4. The number of phenolic OH excluding ortho intramolecular Hbond substituents is 3. The van der Waals surface area contributed by atoms with E-state index in [4.69, 9.17) is 30.2 Å². The average molecular weight is 1310 g/mol. The van der Waals surface area contributed by atoms with Crippen LogP contribution in [0.15, 0.2) is 176 Å². The molecule has 8 N–H and O–H groups in total. The Morgan fingerprint density at radius 3 is 1.17 bits per heavy atom. The Morgan fingerprint density at radius 2 is 0.821 bits per heavy atom. The number of aromatic hydroxyl groups is 3. The highest BCUT2D eigenvalue weighted by Gasteiger charge is 2.10. The van der Waals surface area contributed by atoms with Crippen LogP contribution in [-0.4, -0.2) is 66.3 Å². The van der Waals surface area contributed by atoms with Gasteiger partial charge in [-0.3, -0.25) is 9.59 Å². The number of methoxy groups -OCH3 is 3. The number of ether oxygens (including phenoxy) is 3. The maximum Gasteiger partial charge on any atom is 0.335 e. The number of carbonyl (C=O) groups is 3. The number of amides is 2. The molecule has 0 atom stereocenters. The number of halogens is 5. The molecule has 0 saturated carbocycles. The van der Waals surface area contributed by atoms with E-state index in [1.165, 1.54) is 57.1 Å². The molecule has 0 aliphatic rings. The van der Waals surface area contributed by atoms with Crippen molar-refractivity contribution in [1.29, 1.82) is 0 Å². The van der Waals surface area contributed by atoms with Gasteiger partial charge in [-0.15, -0.1) is 0 Å². The van der Waals surface area contributed by atoms with Crippen molar-refractivity contribution in [1.82, 2.24) is 10.6 Å². The molecule has 0 fully saturated rings. The van der Waals surface area contributed by atoms with Gasteiger partial charge >= 0.3 is 5.97 Å². The highest BCUT2D eigenvalue weighted by Crippen LogP contribution is 2.28. The van der Waals surface area contributed by atoms with E-state index in [9.17, 15) is 33.4 Å². The van der Waals surface area contributed by atoms with Crippen molar-refractivity contribution in [2.45, 2.75) is 33.3 Å². The summed E-state index contributed by atoms with van der Waals surface area (Å²) in [5, 5.41) is 42.4. The summed E-state index contributed by atoms with van der Waals surface area (Å²) in [7, 11) is 4.47. The van der Waals surface area contributed by atoms with Crippen molar-refractivity contribution < 1.29 is 70.2 Å². The SMILES string of the molecule is CB(C)c1ccc(F)cc1.COc1cc(CN)ccc1O.COc1cc(CNC(=O)c2ccc(-c3ccc(F)cc3)cc2)ccc1O.COc1cc(CNC(=O)c2ccc(I)cc2)ccc1O.O=C(O)c1ccc(I)cc1.[Cl-]. The summed E-state index contributed by atoms with van der Waals surface area (Å²) in [5.74, 6) is -0.157. The number of benzene rings is 8. The van der Waals surface area contributed by atoms with Crippen LogP contribution < -0.4 is 48.4 Å². The van der Waals surface area contributed by atoms with Crippen molar-refractivity contribution in [3.63, 3.8) is 0 Å². The molecular weight excluding hydrogens is 1250 g/mol. The minimum Gasteiger partial charge on any atom is -1.00 e. The highest BCUT2D eigenvalue weighted by atomic mass is 127. The summed E-state index contributed by atoms with van der Waals surface area (Å²) in [4.78, 5) is 34.6. The molecular formula is C59H58BClF2I2N3O10-. The molecule has 0 aliphatic heterocycles. The Bertz CT molecular complexity index is 3140. The van der Waals surface area contributed by atoms with Crippen LogP contribution in [0.4, 0.5) is 8.78 Å². The van der Waals surface area contributed by atoms with Crippen molar-refractivity contribution >= 4 is 75.1 Å². The van der Waals surface area contributed by atoms with Gasteiger partial charge in [0.05, 0.1) is 26.9 Å². The van der Waals surface area contributed by atoms with Gasteiger partial charge in [0, 0.05) is 37.9 Å². The smallest absolute Gasteiger partial charge is 0.335 e. The van der Waals surface area contributed by atoms with Gasteiger partial charge in [-0.05, 0) is 194 Å². The van der Waals surface area contributed by atoms with Crippen LogP contribution in [0.3, 0.4) is 0 Å². The molecule has 0 unspecified atom stereocenters. The molecule has 0 aliphatic carbocycles. The molecule has 408 valence electrons. The monoisotopic (exact) mass is 1310 g/mol. The summed E-state index contributed by atoms with van der Waals surface area (Å²) in [6.07, 6.45) is 0. The number of carbonyl (C=O) groups excluding carboxylic acids is 2. The summed E-state index contributed by atoms with van der Waals surface area (Å²) >= 11 is 4.32. The van der Waals surface area contributed by atoms with Gasteiger partial charge in [-0.25, -0.2) is 13.6 Å². The molecule has 19 heteroatoms. The third kappa shape index (κ3) is 21.9. The number of hydrogen-bond donors (Lipinski definition) is 7.